The standard InChI is InChI=1S/C25H19N11.Pt/c1-33-14-19-22-30-23(32-36(22)17-11-7-4-8-12-17)31-25-26-18(13-34(25)2)21-28-20(29-24(33)27-19)15-35(21)16-9-5-3-6-10-16;/h3-15H,1-2H3;/q-2;+2. The average Bonchev–Trinajstić information content (AvgIpc) is 3.67. The molecule has 2 aromatic carbocycles. The molecule has 37 heavy (non-hydrogen) atoms. The van der Waals surface area contributed by atoms with Gasteiger partial charge < -0.3 is 30.4 Å². The zero-order valence-electron chi connectivity index (χ0n) is 19.7. The Bertz CT molecular complexity index is 1490. The van der Waals surface area contributed by atoms with Gasteiger partial charge in [-0.1, -0.05) is 36.4 Å². The van der Waals surface area contributed by atoms with Gasteiger partial charge in [0.25, 0.3) is 0 Å². The van der Waals surface area contributed by atoms with Crippen molar-refractivity contribution in [2.75, 3.05) is 14.1 Å². The minimum Gasteiger partial charge on any atom is -0.406 e. The molecule has 0 spiro atoms. The zero-order valence-corrected chi connectivity index (χ0v) is 22.0. The topological polar surface area (TPSA) is 108 Å². The summed E-state index contributed by atoms with van der Waals surface area (Å²) in [5.41, 5.74) is 3.07. The molecule has 0 unspecified atom stereocenters. The normalized spacial score (nSPS) is 15.5. The van der Waals surface area contributed by atoms with Gasteiger partial charge >= 0.3 is 21.1 Å². The molecule has 2 aromatic heterocycles. The van der Waals surface area contributed by atoms with E-state index >= 15 is 0 Å². The van der Waals surface area contributed by atoms with Crippen LogP contribution in [0.1, 0.15) is 11.6 Å². The van der Waals surface area contributed by atoms with Crippen LogP contribution >= 0.6 is 0 Å². The molecule has 4 aromatic rings. The summed E-state index contributed by atoms with van der Waals surface area (Å²) < 4.78 is 3.70. The van der Waals surface area contributed by atoms with Crippen LogP contribution in [0.5, 0.6) is 0 Å². The molecule has 0 amide bonds. The molecule has 7 rings (SSSR count). The second-order valence-electron chi connectivity index (χ2n) is 8.41. The van der Waals surface area contributed by atoms with E-state index in [0.717, 1.165) is 11.4 Å². The first kappa shape index (κ1) is 22.9. The quantitative estimate of drug-likeness (QED) is 0.316. The molecule has 0 saturated carbocycles. The second-order valence-corrected chi connectivity index (χ2v) is 8.41. The van der Waals surface area contributed by atoms with Gasteiger partial charge in [-0.2, -0.15) is 0 Å². The molecule has 0 aliphatic carbocycles. The SMILES string of the molecule is CN1C=C2[N-]C1=Nc1nc(n(-c3ccccc3)n1)C1=CN(C)C(=Nc3cn(-c4ccccc4)c2n3)[N-]1.[Pt+2]. The third-order valence-corrected chi connectivity index (χ3v) is 5.90. The van der Waals surface area contributed by atoms with Crippen LogP contribution in [-0.4, -0.2) is 60.1 Å². The van der Waals surface area contributed by atoms with Crippen molar-refractivity contribution in [2.45, 2.75) is 0 Å². The van der Waals surface area contributed by atoms with Crippen molar-refractivity contribution in [1.82, 2.24) is 34.1 Å². The molecule has 0 N–H and O–H groups in total. The maximum absolute atomic E-state index is 4.81. The van der Waals surface area contributed by atoms with Crippen molar-refractivity contribution in [1.29, 1.82) is 0 Å². The van der Waals surface area contributed by atoms with Crippen molar-refractivity contribution in [3.8, 4) is 11.4 Å². The predicted octanol–water partition coefficient (Wildman–Crippen LogP) is 4.37. The first-order valence-electron chi connectivity index (χ1n) is 11.3. The average molecular weight is 669 g/mol. The second kappa shape index (κ2) is 8.86. The number of aromatic nitrogens is 5. The first-order valence-corrected chi connectivity index (χ1v) is 11.3. The van der Waals surface area contributed by atoms with Gasteiger partial charge in [0.1, 0.15) is 11.6 Å². The Morgan fingerprint density at radius 1 is 0.676 bits per heavy atom. The van der Waals surface area contributed by atoms with Gasteiger partial charge in [0.2, 0.25) is 0 Å². The van der Waals surface area contributed by atoms with Gasteiger partial charge in [-0.25, -0.2) is 14.6 Å². The molecule has 0 atom stereocenters. The number of fused-ring (bicyclic) bond motifs is 10. The van der Waals surface area contributed by atoms with Crippen LogP contribution in [0.2, 0.25) is 0 Å². The minimum atomic E-state index is 0. The number of imidazole rings is 1. The number of aliphatic imine (C=N–C) groups is 2. The summed E-state index contributed by atoms with van der Waals surface area (Å²) in [4.78, 5) is 22.6. The first-order chi connectivity index (χ1) is 17.6. The molecule has 8 bridgehead atoms. The van der Waals surface area contributed by atoms with Crippen molar-refractivity contribution < 1.29 is 21.1 Å². The number of nitrogens with zero attached hydrogens (tertiary/aromatic N) is 11. The van der Waals surface area contributed by atoms with Gasteiger partial charge in [-0.3, -0.25) is 4.57 Å². The van der Waals surface area contributed by atoms with E-state index in [9.17, 15) is 0 Å². The monoisotopic (exact) mass is 668 g/mol. The third kappa shape index (κ3) is 3.93. The van der Waals surface area contributed by atoms with E-state index < -0.39 is 0 Å². The smallest absolute Gasteiger partial charge is 0.406 e. The van der Waals surface area contributed by atoms with Gasteiger partial charge in [-0.05, 0) is 50.8 Å². The van der Waals surface area contributed by atoms with Crippen LogP contribution in [0.4, 0.5) is 11.8 Å². The van der Waals surface area contributed by atoms with E-state index in [1.54, 1.807) is 4.68 Å². The number of hydrogen-bond donors (Lipinski definition) is 0. The van der Waals surface area contributed by atoms with Crippen molar-refractivity contribution in [3.63, 3.8) is 0 Å². The Balaban J connectivity index is 0.00000252. The maximum atomic E-state index is 4.81. The van der Waals surface area contributed by atoms with Crippen LogP contribution in [0.25, 0.3) is 33.4 Å². The molecule has 11 nitrogen and oxygen atoms in total. The summed E-state index contributed by atoms with van der Waals surface area (Å²) in [6.45, 7) is 0. The maximum Gasteiger partial charge on any atom is 2.00 e. The van der Waals surface area contributed by atoms with E-state index in [0.29, 0.717) is 40.8 Å². The van der Waals surface area contributed by atoms with Crippen LogP contribution < -0.4 is 0 Å². The third-order valence-electron chi connectivity index (χ3n) is 5.90. The van der Waals surface area contributed by atoms with E-state index in [1.807, 2.05) is 108 Å². The molecule has 0 saturated heterocycles. The summed E-state index contributed by atoms with van der Waals surface area (Å²) in [6, 6.07) is 19.7. The Morgan fingerprint density at radius 2 is 1.27 bits per heavy atom. The Labute approximate surface area is 226 Å². The zero-order chi connectivity index (χ0) is 24.2. The number of para-hydroxylation sites is 2. The Morgan fingerprint density at radius 3 is 1.95 bits per heavy atom. The predicted molar refractivity (Wildman–Crippen MR) is 137 cm³/mol. The molecule has 0 fully saturated rings. The van der Waals surface area contributed by atoms with E-state index in [4.69, 9.17) is 25.6 Å². The van der Waals surface area contributed by atoms with E-state index in [1.165, 1.54) is 0 Å². The number of benzene rings is 2. The van der Waals surface area contributed by atoms with Gasteiger partial charge in [-0.15, -0.1) is 5.10 Å². The largest absolute Gasteiger partial charge is 2.00 e. The van der Waals surface area contributed by atoms with Crippen LogP contribution in [0, 0.1) is 0 Å². The summed E-state index contributed by atoms with van der Waals surface area (Å²) in [5.74, 6) is 2.95. The van der Waals surface area contributed by atoms with Crippen molar-refractivity contribution in [2.24, 2.45) is 9.98 Å². The summed E-state index contributed by atoms with van der Waals surface area (Å²) in [5, 5.41) is 14.2. The number of hydrogen-bond acceptors (Lipinski definition) is 7. The van der Waals surface area contributed by atoms with Crippen LogP contribution in [-0.2, 0) is 21.1 Å². The number of rotatable bonds is 2. The molecular weight excluding hydrogens is 649 g/mol. The fourth-order valence-electron chi connectivity index (χ4n) is 4.18. The van der Waals surface area contributed by atoms with Gasteiger partial charge in [0.15, 0.2) is 11.8 Å². The minimum absolute atomic E-state index is 0. The van der Waals surface area contributed by atoms with E-state index in [2.05, 4.69) is 10.1 Å². The van der Waals surface area contributed by atoms with Crippen LogP contribution in [0.15, 0.2) is 89.2 Å². The summed E-state index contributed by atoms with van der Waals surface area (Å²) >= 11 is 0. The van der Waals surface area contributed by atoms with Gasteiger partial charge in [0, 0.05) is 35.2 Å². The number of guanidine groups is 2. The molecule has 12 heteroatoms. The molecule has 184 valence electrons. The Kier molecular flexibility index (Phi) is 5.49. The fourth-order valence-corrected chi connectivity index (χ4v) is 4.18. The Hall–Kier alpha value is -4.50. The van der Waals surface area contributed by atoms with Crippen LogP contribution in [0.3, 0.4) is 0 Å². The molecular formula is C25H19N11Pt. The van der Waals surface area contributed by atoms with Gasteiger partial charge in [0.05, 0.1) is 5.69 Å². The fraction of sp³-hybridized carbons (Fsp3) is 0.0800. The van der Waals surface area contributed by atoms with E-state index in [-0.39, 0.29) is 27.0 Å². The van der Waals surface area contributed by atoms with Crippen molar-refractivity contribution in [3.05, 3.63) is 102 Å². The molecule has 3 aliphatic heterocycles. The molecule has 0 radical (unpaired) electrons. The summed E-state index contributed by atoms with van der Waals surface area (Å²) in [7, 11) is 3.77. The molecule has 5 heterocycles. The molecule has 3 aliphatic rings. The summed E-state index contributed by atoms with van der Waals surface area (Å²) in [6.07, 6.45) is 5.64. The van der Waals surface area contributed by atoms with Crippen molar-refractivity contribution >= 4 is 35.1 Å².